The normalized spacial score (nSPS) is 14.5. The summed E-state index contributed by atoms with van der Waals surface area (Å²) in [6.07, 6.45) is 5.23. The van der Waals surface area contributed by atoms with E-state index >= 15 is 0 Å². The molecule has 0 fully saturated rings. The van der Waals surface area contributed by atoms with Crippen LogP contribution in [0.1, 0.15) is 12.0 Å². The Morgan fingerprint density at radius 2 is 1.97 bits per heavy atom. The van der Waals surface area contributed by atoms with Gasteiger partial charge in [0, 0.05) is 47.5 Å². The zero-order valence-corrected chi connectivity index (χ0v) is 16.7. The van der Waals surface area contributed by atoms with Crippen molar-refractivity contribution in [1.82, 2.24) is 9.88 Å². The molecule has 0 aliphatic carbocycles. The summed E-state index contributed by atoms with van der Waals surface area (Å²) in [5, 5.41) is 4.18. The van der Waals surface area contributed by atoms with Crippen molar-refractivity contribution in [2.24, 2.45) is 0 Å². The van der Waals surface area contributed by atoms with Gasteiger partial charge in [0.15, 0.2) is 11.5 Å². The van der Waals surface area contributed by atoms with Gasteiger partial charge in [0.25, 0.3) is 0 Å². The number of nitrogens with zero attached hydrogens (tertiary/aromatic N) is 1. The fourth-order valence-corrected chi connectivity index (χ4v) is 3.75. The number of fused-ring (bicyclic) bond motifs is 1. The summed E-state index contributed by atoms with van der Waals surface area (Å²) in [4.78, 5) is 18.0. The fourth-order valence-electron chi connectivity index (χ4n) is 3.75. The summed E-state index contributed by atoms with van der Waals surface area (Å²) in [5.41, 5.74) is 4.44. The summed E-state index contributed by atoms with van der Waals surface area (Å²) in [7, 11) is 3.17. The molecule has 6 nitrogen and oxygen atoms in total. The highest BCUT2D eigenvalue weighted by molar-refractivity contribution is 5.94. The predicted octanol–water partition coefficient (Wildman–Crippen LogP) is 3.91. The van der Waals surface area contributed by atoms with Crippen molar-refractivity contribution in [2.75, 3.05) is 39.2 Å². The lowest BCUT2D eigenvalue weighted by atomic mass is 9.99. The van der Waals surface area contributed by atoms with Crippen LogP contribution < -0.4 is 14.8 Å². The molecule has 0 atom stereocenters. The van der Waals surface area contributed by atoms with Crippen molar-refractivity contribution < 1.29 is 14.3 Å². The second kappa shape index (κ2) is 8.41. The number of benzene rings is 2. The minimum atomic E-state index is -0.0406. The fraction of sp³-hybridized carbons (Fsp3) is 0.261. The van der Waals surface area contributed by atoms with E-state index in [1.165, 1.54) is 16.5 Å². The lowest BCUT2D eigenvalue weighted by molar-refractivity contribution is -0.117. The summed E-state index contributed by atoms with van der Waals surface area (Å²) < 4.78 is 10.5. The van der Waals surface area contributed by atoms with Crippen LogP contribution in [-0.4, -0.2) is 49.6 Å². The molecule has 2 N–H and O–H groups in total. The number of aromatic nitrogens is 1. The average Bonchev–Trinajstić information content (AvgIpc) is 3.18. The number of amides is 1. The smallest absolute Gasteiger partial charge is 0.238 e. The number of hydrogen-bond donors (Lipinski definition) is 2. The van der Waals surface area contributed by atoms with Crippen LogP contribution in [0.2, 0.25) is 0 Å². The molecule has 2 heterocycles. The molecule has 0 spiro atoms. The minimum absolute atomic E-state index is 0.0406. The highest BCUT2D eigenvalue weighted by Crippen LogP contribution is 2.30. The van der Waals surface area contributed by atoms with Crippen LogP contribution in [0.4, 0.5) is 5.69 Å². The van der Waals surface area contributed by atoms with E-state index in [1.807, 2.05) is 12.1 Å². The summed E-state index contributed by atoms with van der Waals surface area (Å²) in [6.45, 7) is 1.96. The van der Waals surface area contributed by atoms with Gasteiger partial charge >= 0.3 is 0 Å². The van der Waals surface area contributed by atoms with E-state index in [1.54, 1.807) is 26.4 Å². The van der Waals surface area contributed by atoms with Crippen LogP contribution in [0.5, 0.6) is 11.5 Å². The molecule has 0 saturated heterocycles. The number of rotatable bonds is 6. The topological polar surface area (TPSA) is 66.6 Å². The van der Waals surface area contributed by atoms with E-state index in [4.69, 9.17) is 9.47 Å². The molecular formula is C23H25N3O3. The third-order valence-corrected chi connectivity index (χ3v) is 5.26. The predicted molar refractivity (Wildman–Crippen MR) is 116 cm³/mol. The first-order valence-electron chi connectivity index (χ1n) is 9.67. The molecule has 0 unspecified atom stereocenters. The first kappa shape index (κ1) is 19.1. The Kier molecular flexibility index (Phi) is 5.53. The highest BCUT2D eigenvalue weighted by atomic mass is 16.5. The number of carbonyl (C=O) groups is 1. The molecule has 1 amide bonds. The number of ether oxygens (including phenoxy) is 2. The molecule has 29 heavy (non-hydrogen) atoms. The molecule has 1 aliphatic heterocycles. The van der Waals surface area contributed by atoms with Gasteiger partial charge in [0.1, 0.15) is 0 Å². The van der Waals surface area contributed by atoms with Crippen molar-refractivity contribution in [3.63, 3.8) is 0 Å². The lowest BCUT2D eigenvalue weighted by Gasteiger charge is -2.25. The van der Waals surface area contributed by atoms with Gasteiger partial charge in [-0.1, -0.05) is 24.3 Å². The SMILES string of the molecule is COc1ccc(NC(=O)CN2CC=C(c3c[nH]c4ccccc34)CC2)cc1OC. The number of aromatic amines is 1. The highest BCUT2D eigenvalue weighted by Gasteiger charge is 2.18. The third-order valence-electron chi connectivity index (χ3n) is 5.26. The standard InChI is InChI=1S/C23H25N3O3/c1-28-21-8-7-17(13-22(21)29-2)25-23(27)15-26-11-9-16(10-12-26)19-14-24-20-6-4-3-5-18(19)20/h3-9,13-14,24H,10-12,15H2,1-2H3,(H,25,27). The molecule has 4 rings (SSSR count). The maximum atomic E-state index is 12.5. The van der Waals surface area contributed by atoms with Crippen molar-refractivity contribution >= 4 is 28.1 Å². The third kappa shape index (κ3) is 4.12. The van der Waals surface area contributed by atoms with E-state index in [2.05, 4.69) is 45.7 Å². The van der Waals surface area contributed by atoms with Crippen LogP contribution in [0.3, 0.4) is 0 Å². The molecule has 1 aliphatic rings. The summed E-state index contributed by atoms with van der Waals surface area (Å²) in [5.74, 6) is 1.19. The van der Waals surface area contributed by atoms with E-state index < -0.39 is 0 Å². The molecule has 0 bridgehead atoms. The zero-order valence-electron chi connectivity index (χ0n) is 16.7. The Morgan fingerprint density at radius 3 is 2.72 bits per heavy atom. The number of carbonyl (C=O) groups excluding carboxylic acids is 1. The molecule has 3 aromatic rings. The molecular weight excluding hydrogens is 366 g/mol. The van der Waals surface area contributed by atoms with Crippen LogP contribution in [0.25, 0.3) is 16.5 Å². The van der Waals surface area contributed by atoms with Gasteiger partial charge in [-0.15, -0.1) is 0 Å². The van der Waals surface area contributed by atoms with Gasteiger partial charge < -0.3 is 19.8 Å². The van der Waals surface area contributed by atoms with Crippen molar-refractivity contribution in [3.8, 4) is 11.5 Å². The number of H-pyrrole nitrogens is 1. The first-order valence-corrected chi connectivity index (χ1v) is 9.67. The Labute approximate surface area is 170 Å². The first-order chi connectivity index (χ1) is 14.2. The monoisotopic (exact) mass is 391 g/mol. The number of anilines is 1. The van der Waals surface area contributed by atoms with Gasteiger partial charge in [-0.05, 0) is 30.2 Å². The Balaban J connectivity index is 1.37. The average molecular weight is 391 g/mol. The molecule has 1 aromatic heterocycles. The Bertz CT molecular complexity index is 1050. The minimum Gasteiger partial charge on any atom is -0.493 e. The number of nitrogens with one attached hydrogen (secondary N) is 2. The van der Waals surface area contributed by atoms with Crippen LogP contribution >= 0.6 is 0 Å². The second-order valence-electron chi connectivity index (χ2n) is 7.08. The van der Waals surface area contributed by atoms with Crippen LogP contribution in [0.15, 0.2) is 54.7 Å². The Hall–Kier alpha value is -3.25. The second-order valence-corrected chi connectivity index (χ2v) is 7.08. The molecule has 150 valence electrons. The summed E-state index contributed by atoms with van der Waals surface area (Å²) in [6, 6.07) is 13.7. The van der Waals surface area contributed by atoms with E-state index in [9.17, 15) is 4.79 Å². The van der Waals surface area contributed by atoms with Crippen molar-refractivity contribution in [2.45, 2.75) is 6.42 Å². The van der Waals surface area contributed by atoms with Crippen molar-refractivity contribution in [1.29, 1.82) is 0 Å². The van der Waals surface area contributed by atoms with Gasteiger partial charge in [-0.2, -0.15) is 0 Å². The molecule has 0 saturated carbocycles. The summed E-state index contributed by atoms with van der Waals surface area (Å²) >= 11 is 0. The zero-order chi connectivity index (χ0) is 20.2. The molecule has 2 aromatic carbocycles. The maximum Gasteiger partial charge on any atom is 0.238 e. The van der Waals surface area contributed by atoms with E-state index in [-0.39, 0.29) is 5.91 Å². The molecule has 0 radical (unpaired) electrons. The lowest BCUT2D eigenvalue weighted by Crippen LogP contribution is -2.36. The van der Waals surface area contributed by atoms with E-state index in [0.29, 0.717) is 23.7 Å². The van der Waals surface area contributed by atoms with Gasteiger partial charge in [-0.3, -0.25) is 9.69 Å². The maximum absolute atomic E-state index is 12.5. The largest absolute Gasteiger partial charge is 0.493 e. The van der Waals surface area contributed by atoms with Gasteiger partial charge in [-0.25, -0.2) is 0 Å². The van der Waals surface area contributed by atoms with Crippen LogP contribution in [-0.2, 0) is 4.79 Å². The van der Waals surface area contributed by atoms with Gasteiger partial charge in [0.2, 0.25) is 5.91 Å². The van der Waals surface area contributed by atoms with Crippen LogP contribution in [0, 0.1) is 0 Å². The van der Waals surface area contributed by atoms with Gasteiger partial charge in [0.05, 0.1) is 20.8 Å². The molecule has 6 heteroatoms. The van der Waals surface area contributed by atoms with Crippen molar-refractivity contribution in [3.05, 3.63) is 60.3 Å². The quantitative estimate of drug-likeness (QED) is 0.669. The number of para-hydroxylation sites is 1. The Morgan fingerprint density at radius 1 is 1.14 bits per heavy atom. The van der Waals surface area contributed by atoms with E-state index in [0.717, 1.165) is 25.0 Å². The number of hydrogen-bond acceptors (Lipinski definition) is 4. The number of methoxy groups -OCH3 is 2.